The first kappa shape index (κ1) is 23.2. The van der Waals surface area contributed by atoms with E-state index in [0.717, 1.165) is 19.6 Å². The third kappa shape index (κ3) is 10.9. The molecule has 0 atom stereocenters. The lowest BCUT2D eigenvalue weighted by molar-refractivity contribution is -0.140. The molecule has 0 spiro atoms. The SMILES string of the molecule is CC(=O)OCCSCC(=O)NC/C=C\COc1cc(CN2CCCCC2)ccn1. The highest BCUT2D eigenvalue weighted by Crippen LogP contribution is 2.15. The summed E-state index contributed by atoms with van der Waals surface area (Å²) in [6, 6.07) is 4.04. The van der Waals surface area contributed by atoms with Gasteiger partial charge < -0.3 is 14.8 Å². The number of hydrogen-bond donors (Lipinski definition) is 1. The predicted octanol–water partition coefficient (Wildman–Crippen LogP) is 2.42. The van der Waals surface area contributed by atoms with Crippen molar-refractivity contribution in [2.75, 3.05) is 44.4 Å². The standard InChI is InChI=1S/C21H31N3O4S/c1-18(25)27-13-14-29-17-20(26)22-8-3-6-12-28-21-15-19(7-9-23-21)16-24-10-4-2-5-11-24/h3,6-7,9,15H,2,4-5,8,10-14,16-17H2,1H3,(H,22,26)/b6-3-. The maximum absolute atomic E-state index is 11.7. The van der Waals surface area contributed by atoms with E-state index in [1.54, 1.807) is 6.20 Å². The second kappa shape index (κ2) is 14.0. The Hall–Kier alpha value is -2.06. The molecule has 0 radical (unpaired) electrons. The van der Waals surface area contributed by atoms with Crippen LogP contribution in [0.5, 0.6) is 5.88 Å². The van der Waals surface area contributed by atoms with E-state index >= 15 is 0 Å². The third-order valence-electron chi connectivity index (χ3n) is 4.33. The summed E-state index contributed by atoms with van der Waals surface area (Å²) >= 11 is 1.43. The van der Waals surface area contributed by atoms with Gasteiger partial charge in [0.1, 0.15) is 13.2 Å². The normalized spacial score (nSPS) is 14.7. The number of nitrogens with one attached hydrogen (secondary N) is 1. The summed E-state index contributed by atoms with van der Waals surface area (Å²) in [5.74, 6) is 1.24. The number of aromatic nitrogens is 1. The van der Waals surface area contributed by atoms with Gasteiger partial charge in [0, 0.05) is 38.0 Å². The van der Waals surface area contributed by atoms with E-state index in [1.807, 2.05) is 24.3 Å². The molecule has 160 valence electrons. The molecule has 1 aliphatic heterocycles. The van der Waals surface area contributed by atoms with E-state index in [9.17, 15) is 9.59 Å². The first-order valence-electron chi connectivity index (χ1n) is 10.1. The minimum atomic E-state index is -0.300. The van der Waals surface area contributed by atoms with Crippen molar-refractivity contribution in [1.29, 1.82) is 0 Å². The van der Waals surface area contributed by atoms with Crippen LogP contribution in [0.25, 0.3) is 0 Å². The molecule has 29 heavy (non-hydrogen) atoms. The van der Waals surface area contributed by atoms with Crippen LogP contribution in [-0.4, -0.2) is 66.1 Å². The summed E-state index contributed by atoms with van der Waals surface area (Å²) in [7, 11) is 0. The third-order valence-corrected chi connectivity index (χ3v) is 5.25. The Kier molecular flexibility index (Phi) is 11.2. The number of pyridine rings is 1. The van der Waals surface area contributed by atoms with Gasteiger partial charge in [-0.15, -0.1) is 11.8 Å². The van der Waals surface area contributed by atoms with Crippen LogP contribution < -0.4 is 10.1 Å². The molecule has 1 saturated heterocycles. The number of piperidine rings is 1. The molecule has 1 aromatic rings. The first-order valence-corrected chi connectivity index (χ1v) is 11.2. The van der Waals surface area contributed by atoms with Crippen molar-refractivity contribution < 1.29 is 19.1 Å². The Morgan fingerprint density at radius 1 is 1.28 bits per heavy atom. The van der Waals surface area contributed by atoms with Gasteiger partial charge in [0.05, 0.1) is 5.75 Å². The van der Waals surface area contributed by atoms with E-state index in [2.05, 4.69) is 15.2 Å². The molecule has 0 bridgehead atoms. The van der Waals surface area contributed by atoms with Gasteiger partial charge in [0.25, 0.3) is 0 Å². The minimum absolute atomic E-state index is 0.0459. The second-order valence-electron chi connectivity index (χ2n) is 6.82. The van der Waals surface area contributed by atoms with Crippen LogP contribution in [0.1, 0.15) is 31.7 Å². The number of carbonyl (C=O) groups is 2. The average molecular weight is 422 g/mol. The first-order chi connectivity index (χ1) is 14.1. The number of rotatable bonds is 12. The maximum Gasteiger partial charge on any atom is 0.302 e. The highest BCUT2D eigenvalue weighted by molar-refractivity contribution is 7.99. The van der Waals surface area contributed by atoms with Gasteiger partial charge >= 0.3 is 5.97 Å². The minimum Gasteiger partial charge on any atom is -0.473 e. The number of amides is 1. The number of ether oxygens (including phenoxy) is 2. The van der Waals surface area contributed by atoms with Crippen molar-refractivity contribution in [1.82, 2.24) is 15.2 Å². The molecule has 1 amide bonds. The van der Waals surface area contributed by atoms with Crippen LogP contribution in [0.3, 0.4) is 0 Å². The number of likely N-dealkylation sites (tertiary alicyclic amines) is 1. The molecule has 0 saturated carbocycles. The van der Waals surface area contributed by atoms with Gasteiger partial charge in [-0.25, -0.2) is 4.98 Å². The molecular formula is C21H31N3O4S. The smallest absolute Gasteiger partial charge is 0.302 e. The predicted molar refractivity (Wildman–Crippen MR) is 115 cm³/mol. The van der Waals surface area contributed by atoms with E-state index < -0.39 is 0 Å². The van der Waals surface area contributed by atoms with Crippen LogP contribution in [0.2, 0.25) is 0 Å². The van der Waals surface area contributed by atoms with Crippen molar-refractivity contribution in [3.8, 4) is 5.88 Å². The molecule has 2 rings (SSSR count). The number of hydrogen-bond acceptors (Lipinski definition) is 7. The number of carbonyl (C=O) groups excluding carboxylic acids is 2. The van der Waals surface area contributed by atoms with E-state index in [1.165, 1.54) is 43.5 Å². The fourth-order valence-corrected chi connectivity index (χ4v) is 3.55. The van der Waals surface area contributed by atoms with Crippen LogP contribution in [0.4, 0.5) is 0 Å². The van der Waals surface area contributed by atoms with E-state index in [4.69, 9.17) is 9.47 Å². The van der Waals surface area contributed by atoms with Crippen molar-refractivity contribution in [2.24, 2.45) is 0 Å². The molecule has 0 unspecified atom stereocenters. The fourth-order valence-electron chi connectivity index (χ4n) is 2.92. The van der Waals surface area contributed by atoms with Gasteiger partial charge in [-0.05, 0) is 43.6 Å². The Balaban J connectivity index is 1.56. The van der Waals surface area contributed by atoms with Crippen LogP contribution in [-0.2, 0) is 20.9 Å². The zero-order chi connectivity index (χ0) is 20.7. The molecule has 1 N–H and O–H groups in total. The Morgan fingerprint density at radius 2 is 2.10 bits per heavy atom. The number of esters is 1. The molecule has 0 aliphatic carbocycles. The van der Waals surface area contributed by atoms with E-state index in [0.29, 0.717) is 37.1 Å². The van der Waals surface area contributed by atoms with Crippen molar-refractivity contribution in [3.63, 3.8) is 0 Å². The maximum atomic E-state index is 11.7. The Bertz CT molecular complexity index is 663. The topological polar surface area (TPSA) is 80.8 Å². The number of nitrogens with zero attached hydrogens (tertiary/aromatic N) is 2. The highest BCUT2D eigenvalue weighted by atomic mass is 32.2. The second-order valence-corrected chi connectivity index (χ2v) is 7.92. The molecule has 8 heteroatoms. The summed E-state index contributed by atoms with van der Waals surface area (Å²) in [4.78, 5) is 29.0. The summed E-state index contributed by atoms with van der Waals surface area (Å²) in [6.45, 7) is 5.84. The molecular weight excluding hydrogens is 390 g/mol. The Labute approximate surface area is 177 Å². The largest absolute Gasteiger partial charge is 0.473 e. The van der Waals surface area contributed by atoms with Gasteiger partial charge in [-0.3, -0.25) is 14.5 Å². The summed E-state index contributed by atoms with van der Waals surface area (Å²) < 4.78 is 10.5. The van der Waals surface area contributed by atoms with Crippen LogP contribution >= 0.6 is 11.8 Å². The fraction of sp³-hybridized carbons (Fsp3) is 0.571. The zero-order valence-corrected chi connectivity index (χ0v) is 17.9. The quantitative estimate of drug-likeness (QED) is 0.315. The highest BCUT2D eigenvalue weighted by Gasteiger charge is 2.10. The summed E-state index contributed by atoms with van der Waals surface area (Å²) in [5.41, 5.74) is 1.22. The molecule has 1 fully saturated rings. The Morgan fingerprint density at radius 3 is 2.90 bits per heavy atom. The summed E-state index contributed by atoms with van der Waals surface area (Å²) in [6.07, 6.45) is 9.41. The van der Waals surface area contributed by atoms with Crippen LogP contribution in [0.15, 0.2) is 30.5 Å². The number of thioether (sulfide) groups is 1. The van der Waals surface area contributed by atoms with Gasteiger partial charge in [-0.1, -0.05) is 12.5 Å². The van der Waals surface area contributed by atoms with Crippen molar-refractivity contribution in [3.05, 3.63) is 36.0 Å². The monoisotopic (exact) mass is 421 g/mol. The molecule has 0 aromatic carbocycles. The van der Waals surface area contributed by atoms with Gasteiger partial charge in [0.2, 0.25) is 11.8 Å². The lowest BCUT2D eigenvalue weighted by atomic mass is 10.1. The zero-order valence-electron chi connectivity index (χ0n) is 17.1. The molecule has 1 aromatic heterocycles. The lowest BCUT2D eigenvalue weighted by Gasteiger charge is -2.26. The van der Waals surface area contributed by atoms with Crippen molar-refractivity contribution >= 4 is 23.6 Å². The molecule has 1 aliphatic rings. The van der Waals surface area contributed by atoms with E-state index in [-0.39, 0.29) is 11.9 Å². The molecule has 2 heterocycles. The van der Waals surface area contributed by atoms with Gasteiger partial charge in [0.15, 0.2) is 0 Å². The average Bonchev–Trinajstić information content (AvgIpc) is 2.71. The summed E-state index contributed by atoms with van der Waals surface area (Å²) in [5, 5.41) is 2.80. The van der Waals surface area contributed by atoms with Crippen molar-refractivity contribution in [2.45, 2.75) is 32.7 Å². The lowest BCUT2D eigenvalue weighted by Crippen LogP contribution is -2.29. The van der Waals surface area contributed by atoms with Crippen LogP contribution in [0, 0.1) is 0 Å². The molecule has 7 nitrogen and oxygen atoms in total. The van der Waals surface area contributed by atoms with Gasteiger partial charge in [-0.2, -0.15) is 0 Å².